The number of benzene rings is 2. The van der Waals surface area contributed by atoms with Crippen LogP contribution in [0.2, 0.25) is 0 Å². The SMILES string of the molecule is COc1ccc(/C=C/c2c(C(C)=O)c(C)nc3ccccc23)cc1. The summed E-state index contributed by atoms with van der Waals surface area (Å²) in [4.78, 5) is 16.7. The van der Waals surface area contributed by atoms with Crippen LogP contribution < -0.4 is 4.74 Å². The average molecular weight is 317 g/mol. The van der Waals surface area contributed by atoms with Gasteiger partial charge in [-0.25, -0.2) is 0 Å². The normalized spacial score (nSPS) is 11.1. The third-order valence-corrected chi connectivity index (χ3v) is 4.02. The minimum Gasteiger partial charge on any atom is -0.497 e. The van der Waals surface area contributed by atoms with Gasteiger partial charge in [0.2, 0.25) is 0 Å². The summed E-state index contributed by atoms with van der Waals surface area (Å²) >= 11 is 0. The first-order chi connectivity index (χ1) is 11.6. The van der Waals surface area contributed by atoms with Crippen LogP contribution in [0.15, 0.2) is 48.5 Å². The van der Waals surface area contributed by atoms with E-state index in [9.17, 15) is 4.79 Å². The minimum atomic E-state index is 0.0279. The predicted molar refractivity (Wildman–Crippen MR) is 98.4 cm³/mol. The van der Waals surface area contributed by atoms with Gasteiger partial charge in [0.1, 0.15) is 5.75 Å². The van der Waals surface area contributed by atoms with Gasteiger partial charge in [0.05, 0.1) is 12.6 Å². The quantitative estimate of drug-likeness (QED) is 0.641. The smallest absolute Gasteiger partial charge is 0.162 e. The maximum atomic E-state index is 12.1. The highest BCUT2D eigenvalue weighted by Gasteiger charge is 2.14. The molecule has 0 aliphatic heterocycles. The van der Waals surface area contributed by atoms with Crippen molar-refractivity contribution >= 4 is 28.8 Å². The molecule has 0 fully saturated rings. The highest BCUT2D eigenvalue weighted by molar-refractivity contribution is 6.05. The topological polar surface area (TPSA) is 39.2 Å². The van der Waals surface area contributed by atoms with Gasteiger partial charge >= 0.3 is 0 Å². The van der Waals surface area contributed by atoms with Crippen molar-refractivity contribution in [3.63, 3.8) is 0 Å². The Morgan fingerprint density at radius 3 is 2.42 bits per heavy atom. The lowest BCUT2D eigenvalue weighted by atomic mass is 9.97. The molecule has 1 aromatic heterocycles. The highest BCUT2D eigenvalue weighted by Crippen LogP contribution is 2.26. The van der Waals surface area contributed by atoms with Crippen LogP contribution in [-0.2, 0) is 0 Å². The average Bonchev–Trinajstić information content (AvgIpc) is 2.59. The molecule has 3 nitrogen and oxygen atoms in total. The Balaban J connectivity index is 2.14. The van der Waals surface area contributed by atoms with E-state index >= 15 is 0 Å². The molecule has 3 heteroatoms. The van der Waals surface area contributed by atoms with Crippen LogP contribution in [-0.4, -0.2) is 17.9 Å². The van der Waals surface area contributed by atoms with E-state index in [1.165, 1.54) is 0 Å². The van der Waals surface area contributed by atoms with Crippen molar-refractivity contribution in [3.8, 4) is 5.75 Å². The van der Waals surface area contributed by atoms with E-state index in [0.717, 1.165) is 33.5 Å². The van der Waals surface area contributed by atoms with Crippen LogP contribution in [0.4, 0.5) is 0 Å². The zero-order valence-corrected chi connectivity index (χ0v) is 14.0. The van der Waals surface area contributed by atoms with Gasteiger partial charge in [-0.1, -0.05) is 42.5 Å². The first-order valence-electron chi connectivity index (χ1n) is 7.82. The first-order valence-corrected chi connectivity index (χ1v) is 7.82. The number of hydrogen-bond donors (Lipinski definition) is 0. The number of ketones is 1. The minimum absolute atomic E-state index is 0.0279. The van der Waals surface area contributed by atoms with Crippen LogP contribution in [0.1, 0.15) is 34.1 Å². The molecule has 0 N–H and O–H groups in total. The number of aromatic nitrogens is 1. The van der Waals surface area contributed by atoms with Gasteiger partial charge < -0.3 is 4.74 Å². The van der Waals surface area contributed by atoms with E-state index in [0.29, 0.717) is 5.56 Å². The van der Waals surface area contributed by atoms with E-state index in [1.54, 1.807) is 14.0 Å². The maximum absolute atomic E-state index is 12.1. The van der Waals surface area contributed by atoms with E-state index in [2.05, 4.69) is 4.98 Å². The molecular formula is C21H19NO2. The van der Waals surface area contributed by atoms with Crippen molar-refractivity contribution in [3.05, 3.63) is 70.9 Å². The Bertz CT molecular complexity index is 924. The number of aryl methyl sites for hydroxylation is 1. The fraction of sp³-hybridized carbons (Fsp3) is 0.143. The maximum Gasteiger partial charge on any atom is 0.162 e. The molecule has 3 aromatic rings. The van der Waals surface area contributed by atoms with Gasteiger partial charge in [-0.05, 0) is 43.2 Å². The van der Waals surface area contributed by atoms with Crippen LogP contribution in [0.5, 0.6) is 5.75 Å². The number of carbonyl (C=O) groups is 1. The molecule has 0 aliphatic carbocycles. The number of hydrogen-bond acceptors (Lipinski definition) is 3. The number of Topliss-reactive ketones (excluding diaryl/α,β-unsaturated/α-hetero) is 1. The van der Waals surface area contributed by atoms with E-state index in [-0.39, 0.29) is 5.78 Å². The molecule has 120 valence electrons. The van der Waals surface area contributed by atoms with Crippen LogP contribution in [0, 0.1) is 6.92 Å². The number of carbonyl (C=O) groups excluding carboxylic acids is 1. The molecule has 3 rings (SSSR count). The lowest BCUT2D eigenvalue weighted by Crippen LogP contribution is -2.03. The Morgan fingerprint density at radius 2 is 1.75 bits per heavy atom. The summed E-state index contributed by atoms with van der Waals surface area (Å²) < 4.78 is 5.18. The van der Waals surface area contributed by atoms with Gasteiger partial charge in [-0.2, -0.15) is 0 Å². The number of pyridine rings is 1. The van der Waals surface area contributed by atoms with Crippen molar-refractivity contribution < 1.29 is 9.53 Å². The van der Waals surface area contributed by atoms with E-state index < -0.39 is 0 Å². The second kappa shape index (κ2) is 6.67. The lowest BCUT2D eigenvalue weighted by Gasteiger charge is -2.10. The Morgan fingerprint density at radius 1 is 1.04 bits per heavy atom. The van der Waals surface area contributed by atoms with Gasteiger partial charge in [-0.3, -0.25) is 9.78 Å². The molecule has 0 spiro atoms. The zero-order valence-electron chi connectivity index (χ0n) is 14.0. The van der Waals surface area contributed by atoms with Crippen molar-refractivity contribution in [2.24, 2.45) is 0 Å². The van der Waals surface area contributed by atoms with Crippen molar-refractivity contribution in [2.45, 2.75) is 13.8 Å². The molecule has 0 unspecified atom stereocenters. The summed E-state index contributed by atoms with van der Waals surface area (Å²) in [7, 11) is 1.65. The summed E-state index contributed by atoms with van der Waals surface area (Å²) in [6.07, 6.45) is 4.00. The number of nitrogens with zero attached hydrogens (tertiary/aromatic N) is 1. The molecule has 2 aromatic carbocycles. The molecule has 0 bridgehead atoms. The summed E-state index contributed by atoms with van der Waals surface area (Å²) in [5.41, 5.74) is 4.30. The molecule has 0 saturated carbocycles. The third kappa shape index (κ3) is 3.06. The summed E-state index contributed by atoms with van der Waals surface area (Å²) in [5.74, 6) is 0.849. The highest BCUT2D eigenvalue weighted by atomic mass is 16.5. The van der Waals surface area contributed by atoms with Gasteiger partial charge in [0, 0.05) is 16.6 Å². The molecule has 0 saturated heterocycles. The first kappa shape index (κ1) is 15.9. The number of methoxy groups -OCH3 is 1. The summed E-state index contributed by atoms with van der Waals surface area (Å²) in [6, 6.07) is 15.7. The second-order valence-corrected chi connectivity index (χ2v) is 5.67. The fourth-order valence-corrected chi connectivity index (χ4v) is 2.88. The molecule has 0 aliphatic rings. The van der Waals surface area contributed by atoms with Crippen LogP contribution in [0.3, 0.4) is 0 Å². The van der Waals surface area contributed by atoms with Crippen molar-refractivity contribution in [1.29, 1.82) is 0 Å². The Kier molecular flexibility index (Phi) is 4.43. The van der Waals surface area contributed by atoms with E-state index in [4.69, 9.17) is 4.74 Å². The number of para-hydroxylation sites is 1. The van der Waals surface area contributed by atoms with Gasteiger partial charge in [-0.15, -0.1) is 0 Å². The van der Waals surface area contributed by atoms with Gasteiger partial charge in [0.25, 0.3) is 0 Å². The number of rotatable bonds is 4. The third-order valence-electron chi connectivity index (χ3n) is 4.02. The fourth-order valence-electron chi connectivity index (χ4n) is 2.88. The second-order valence-electron chi connectivity index (χ2n) is 5.67. The van der Waals surface area contributed by atoms with Crippen LogP contribution in [0.25, 0.3) is 23.1 Å². The predicted octanol–water partition coefficient (Wildman–Crippen LogP) is 4.92. The molecule has 0 amide bonds. The molecule has 0 radical (unpaired) electrons. The van der Waals surface area contributed by atoms with E-state index in [1.807, 2.05) is 67.6 Å². The monoisotopic (exact) mass is 317 g/mol. The zero-order chi connectivity index (χ0) is 17.1. The van der Waals surface area contributed by atoms with Gasteiger partial charge in [0.15, 0.2) is 5.78 Å². The number of fused-ring (bicyclic) bond motifs is 1. The molecule has 1 heterocycles. The number of ether oxygens (including phenoxy) is 1. The standard InChI is InChI=1S/C21H19NO2/c1-14-21(15(2)23)19(18-6-4-5-7-20(18)22-14)13-10-16-8-11-17(24-3)12-9-16/h4-13H,1-3H3/b13-10+. The van der Waals surface area contributed by atoms with Crippen molar-refractivity contribution in [2.75, 3.05) is 7.11 Å². The summed E-state index contributed by atoms with van der Waals surface area (Å²) in [5, 5.41) is 0.984. The molecule has 24 heavy (non-hydrogen) atoms. The Hall–Kier alpha value is -2.94. The largest absolute Gasteiger partial charge is 0.497 e. The molecule has 0 atom stereocenters. The van der Waals surface area contributed by atoms with Crippen molar-refractivity contribution in [1.82, 2.24) is 4.98 Å². The Labute approximate surface area is 141 Å². The van der Waals surface area contributed by atoms with Crippen LogP contribution >= 0.6 is 0 Å². The lowest BCUT2D eigenvalue weighted by molar-refractivity contribution is 0.101. The molecular weight excluding hydrogens is 298 g/mol. The summed E-state index contributed by atoms with van der Waals surface area (Å²) in [6.45, 7) is 3.47.